The summed E-state index contributed by atoms with van der Waals surface area (Å²) in [6.07, 6.45) is 0.820. The second-order valence-corrected chi connectivity index (χ2v) is 6.63. The third-order valence-electron chi connectivity index (χ3n) is 4.95. The molecule has 1 aliphatic carbocycles. The first-order chi connectivity index (χ1) is 10.4. The molecule has 126 valence electrons. The third kappa shape index (κ3) is 2.77. The monoisotopic (exact) mass is 337 g/mol. The Kier molecular flexibility index (Phi) is 4.85. The van der Waals surface area contributed by atoms with E-state index in [1.807, 2.05) is 38.1 Å². The number of aromatic nitrogens is 2. The van der Waals surface area contributed by atoms with Gasteiger partial charge < -0.3 is 15.0 Å². The van der Waals surface area contributed by atoms with E-state index in [0.717, 1.165) is 5.56 Å². The van der Waals surface area contributed by atoms with Gasteiger partial charge in [0.15, 0.2) is 0 Å². The lowest BCUT2D eigenvalue weighted by atomic mass is 9.54. The van der Waals surface area contributed by atoms with Gasteiger partial charge in [-0.25, -0.2) is 0 Å². The van der Waals surface area contributed by atoms with Gasteiger partial charge in [0.2, 0.25) is 11.7 Å². The summed E-state index contributed by atoms with van der Waals surface area (Å²) in [4.78, 5) is 4.54. The Morgan fingerprint density at radius 3 is 2.52 bits per heavy atom. The predicted octanol–water partition coefficient (Wildman–Crippen LogP) is 3.46. The smallest absolute Gasteiger partial charge is 0.247 e. The summed E-state index contributed by atoms with van der Waals surface area (Å²) in [5.41, 5.74) is 7.82. The lowest BCUT2D eigenvalue weighted by Gasteiger charge is -2.56. The number of halogens is 1. The van der Waals surface area contributed by atoms with Crippen LogP contribution >= 0.6 is 12.4 Å². The highest BCUT2D eigenvalue weighted by atomic mass is 35.5. The molecule has 1 aliphatic rings. The molecule has 2 unspecified atom stereocenters. The lowest BCUT2D eigenvalue weighted by molar-refractivity contribution is -0.162. The van der Waals surface area contributed by atoms with Gasteiger partial charge in [0.1, 0.15) is 5.54 Å². The van der Waals surface area contributed by atoms with Crippen LogP contribution in [-0.4, -0.2) is 22.9 Å². The van der Waals surface area contributed by atoms with E-state index in [-0.39, 0.29) is 23.9 Å². The van der Waals surface area contributed by atoms with Crippen LogP contribution in [-0.2, 0) is 10.3 Å². The first-order valence-electron chi connectivity index (χ1n) is 7.70. The van der Waals surface area contributed by atoms with Crippen molar-refractivity contribution in [2.45, 2.75) is 45.8 Å². The fraction of sp³-hybridized carbons (Fsp3) is 0.529. The molecule has 5 nitrogen and oxygen atoms in total. The number of hydrogen-bond donors (Lipinski definition) is 1. The Hall–Kier alpha value is -1.43. The van der Waals surface area contributed by atoms with Crippen LogP contribution in [0.1, 0.15) is 38.6 Å². The minimum absolute atomic E-state index is 0. The second-order valence-electron chi connectivity index (χ2n) is 6.63. The normalized spacial score (nSPS) is 25.5. The van der Waals surface area contributed by atoms with Gasteiger partial charge in [-0.2, -0.15) is 4.98 Å². The minimum Gasteiger partial charge on any atom is -0.378 e. The van der Waals surface area contributed by atoms with E-state index in [2.05, 4.69) is 24.0 Å². The van der Waals surface area contributed by atoms with E-state index in [0.29, 0.717) is 24.7 Å². The first kappa shape index (κ1) is 17.9. The van der Waals surface area contributed by atoms with Crippen LogP contribution in [0.25, 0.3) is 11.4 Å². The average molecular weight is 338 g/mol. The molecular formula is C17H24ClN3O2. The molecule has 0 amide bonds. The van der Waals surface area contributed by atoms with Gasteiger partial charge in [0.05, 0.1) is 6.10 Å². The van der Waals surface area contributed by atoms with Crippen molar-refractivity contribution in [3.63, 3.8) is 0 Å². The zero-order valence-corrected chi connectivity index (χ0v) is 14.8. The van der Waals surface area contributed by atoms with E-state index >= 15 is 0 Å². The Bertz CT molecular complexity index is 669. The van der Waals surface area contributed by atoms with Gasteiger partial charge in [-0.15, -0.1) is 12.4 Å². The molecule has 1 fully saturated rings. The molecule has 0 saturated heterocycles. The SMILES string of the molecule is CCOC1CC(N)(c2nc(-c3ccc(C)cc3)no2)C1(C)C.Cl. The van der Waals surface area contributed by atoms with E-state index in [4.69, 9.17) is 15.0 Å². The van der Waals surface area contributed by atoms with Crippen molar-refractivity contribution in [1.29, 1.82) is 0 Å². The Balaban J connectivity index is 0.00000192. The maximum Gasteiger partial charge on any atom is 0.247 e. The Morgan fingerprint density at radius 1 is 1.30 bits per heavy atom. The van der Waals surface area contributed by atoms with E-state index in [9.17, 15) is 0 Å². The molecule has 3 rings (SSSR count). The molecule has 6 heteroatoms. The zero-order valence-electron chi connectivity index (χ0n) is 14.0. The van der Waals surface area contributed by atoms with Gasteiger partial charge in [0, 0.05) is 24.0 Å². The highest BCUT2D eigenvalue weighted by Gasteiger charge is 2.62. The van der Waals surface area contributed by atoms with Crippen molar-refractivity contribution in [3.8, 4) is 11.4 Å². The summed E-state index contributed by atoms with van der Waals surface area (Å²) < 4.78 is 11.2. The zero-order chi connectivity index (χ0) is 16.0. The Labute approximate surface area is 143 Å². The summed E-state index contributed by atoms with van der Waals surface area (Å²) in [7, 11) is 0. The molecule has 1 aromatic heterocycles. The van der Waals surface area contributed by atoms with Gasteiger partial charge >= 0.3 is 0 Å². The minimum atomic E-state index is -0.636. The first-order valence-corrected chi connectivity index (χ1v) is 7.70. The molecule has 0 bridgehead atoms. The number of nitrogens with zero attached hydrogens (tertiary/aromatic N) is 2. The van der Waals surface area contributed by atoms with Crippen LogP contribution in [0.5, 0.6) is 0 Å². The number of ether oxygens (including phenoxy) is 1. The summed E-state index contributed by atoms with van der Waals surface area (Å²) >= 11 is 0. The van der Waals surface area contributed by atoms with Crippen molar-refractivity contribution in [2.24, 2.45) is 11.1 Å². The molecule has 2 atom stereocenters. The fourth-order valence-electron chi connectivity index (χ4n) is 3.02. The summed E-state index contributed by atoms with van der Waals surface area (Å²) in [6, 6.07) is 8.04. The number of nitrogens with two attached hydrogens (primary N) is 1. The highest BCUT2D eigenvalue weighted by molar-refractivity contribution is 5.85. The van der Waals surface area contributed by atoms with Crippen molar-refractivity contribution >= 4 is 12.4 Å². The molecule has 1 aromatic carbocycles. The molecule has 0 radical (unpaired) electrons. The molecular weight excluding hydrogens is 314 g/mol. The van der Waals surface area contributed by atoms with E-state index in [1.54, 1.807) is 0 Å². The molecule has 0 spiro atoms. The van der Waals surface area contributed by atoms with Crippen LogP contribution in [0.4, 0.5) is 0 Å². The average Bonchev–Trinajstić information content (AvgIpc) is 2.97. The van der Waals surface area contributed by atoms with Crippen molar-refractivity contribution in [2.75, 3.05) is 6.61 Å². The van der Waals surface area contributed by atoms with Crippen molar-refractivity contribution in [1.82, 2.24) is 10.1 Å². The largest absolute Gasteiger partial charge is 0.378 e. The van der Waals surface area contributed by atoms with Gasteiger partial charge in [-0.05, 0) is 13.8 Å². The predicted molar refractivity (Wildman–Crippen MR) is 91.4 cm³/mol. The van der Waals surface area contributed by atoms with Crippen LogP contribution in [0, 0.1) is 12.3 Å². The summed E-state index contributed by atoms with van der Waals surface area (Å²) in [6.45, 7) is 8.90. The number of hydrogen-bond acceptors (Lipinski definition) is 5. The second kappa shape index (κ2) is 6.23. The topological polar surface area (TPSA) is 74.2 Å². The third-order valence-corrected chi connectivity index (χ3v) is 4.95. The van der Waals surface area contributed by atoms with Gasteiger partial charge in [-0.1, -0.05) is 48.8 Å². The molecule has 1 heterocycles. The van der Waals surface area contributed by atoms with E-state index < -0.39 is 5.54 Å². The maximum atomic E-state index is 6.56. The van der Waals surface area contributed by atoms with Crippen LogP contribution in [0.3, 0.4) is 0 Å². The molecule has 2 aromatic rings. The van der Waals surface area contributed by atoms with Crippen LogP contribution in [0.2, 0.25) is 0 Å². The molecule has 1 saturated carbocycles. The van der Waals surface area contributed by atoms with E-state index in [1.165, 1.54) is 5.56 Å². The van der Waals surface area contributed by atoms with Crippen LogP contribution in [0.15, 0.2) is 28.8 Å². The molecule has 2 N–H and O–H groups in total. The maximum absolute atomic E-state index is 6.56. The van der Waals surface area contributed by atoms with Crippen LogP contribution < -0.4 is 5.73 Å². The molecule has 23 heavy (non-hydrogen) atoms. The Morgan fingerprint density at radius 2 is 1.96 bits per heavy atom. The molecule has 0 aliphatic heterocycles. The fourth-order valence-corrected chi connectivity index (χ4v) is 3.02. The lowest BCUT2D eigenvalue weighted by Crippen LogP contribution is -2.67. The highest BCUT2D eigenvalue weighted by Crippen LogP contribution is 2.55. The number of rotatable bonds is 4. The summed E-state index contributed by atoms with van der Waals surface area (Å²) in [5, 5.41) is 4.09. The number of aryl methyl sites for hydroxylation is 1. The van der Waals surface area contributed by atoms with Crippen molar-refractivity contribution < 1.29 is 9.26 Å². The standard InChI is InChI=1S/C17H23N3O2.ClH/c1-5-21-13-10-17(18,16(13,3)4)15-19-14(20-22-15)12-8-6-11(2)7-9-12;/h6-9,13H,5,10,18H2,1-4H3;1H. The quantitative estimate of drug-likeness (QED) is 0.924. The van der Waals surface area contributed by atoms with Gasteiger partial charge in [0.25, 0.3) is 0 Å². The van der Waals surface area contributed by atoms with Gasteiger partial charge in [-0.3, -0.25) is 0 Å². The summed E-state index contributed by atoms with van der Waals surface area (Å²) in [5.74, 6) is 1.07. The number of benzene rings is 1. The van der Waals surface area contributed by atoms with Crippen molar-refractivity contribution in [3.05, 3.63) is 35.7 Å².